The molecular weight excluding hydrogens is 483 g/mol. The van der Waals surface area contributed by atoms with Crippen LogP contribution in [0.4, 0.5) is 4.39 Å². The lowest BCUT2D eigenvalue weighted by Crippen LogP contribution is -2.28. The highest BCUT2D eigenvalue weighted by Gasteiger charge is 2.29. The fourth-order valence-corrected chi connectivity index (χ4v) is 5.34. The summed E-state index contributed by atoms with van der Waals surface area (Å²) in [7, 11) is 0.338. The molecular formula is C22H21FN4O5S2. The highest BCUT2D eigenvalue weighted by molar-refractivity contribution is 8.03. The van der Waals surface area contributed by atoms with Crippen molar-refractivity contribution in [2.45, 2.75) is 4.90 Å². The summed E-state index contributed by atoms with van der Waals surface area (Å²) < 4.78 is 50.9. The first kappa shape index (κ1) is 23.9. The minimum Gasteiger partial charge on any atom is -0.495 e. The third-order valence-electron chi connectivity index (χ3n) is 5.05. The van der Waals surface area contributed by atoms with Gasteiger partial charge in [0.05, 0.1) is 17.7 Å². The van der Waals surface area contributed by atoms with E-state index in [1.54, 1.807) is 24.3 Å². The molecule has 0 N–H and O–H groups in total. The molecule has 0 radical (unpaired) electrons. The molecule has 0 unspecified atom stereocenters. The Bertz CT molecular complexity index is 1370. The zero-order valence-electron chi connectivity index (χ0n) is 18.6. The van der Waals surface area contributed by atoms with Gasteiger partial charge in [0, 0.05) is 38.0 Å². The predicted octanol–water partition coefficient (Wildman–Crippen LogP) is 3.32. The highest BCUT2D eigenvalue weighted by Crippen LogP contribution is 2.33. The molecule has 1 fully saturated rings. The summed E-state index contributed by atoms with van der Waals surface area (Å²) in [5.41, 5.74) is 0.392. The first-order chi connectivity index (χ1) is 16.2. The third kappa shape index (κ3) is 4.56. The maximum absolute atomic E-state index is 14.0. The number of halogens is 1. The Morgan fingerprint density at radius 1 is 1.26 bits per heavy atom. The molecule has 0 atom stereocenters. The molecule has 0 spiro atoms. The van der Waals surface area contributed by atoms with Crippen LogP contribution in [-0.2, 0) is 10.0 Å². The molecule has 0 bridgehead atoms. The van der Waals surface area contributed by atoms with Crippen LogP contribution in [0.1, 0.15) is 16.2 Å². The lowest BCUT2D eigenvalue weighted by molar-refractivity contribution is 0.0830. The fraction of sp³-hybridized carbons (Fsp3) is 0.227. The number of ether oxygens (including phenoxy) is 1. The summed E-state index contributed by atoms with van der Waals surface area (Å²) in [6.45, 7) is 0.408. The number of benzene rings is 2. The molecule has 0 aliphatic carbocycles. The lowest BCUT2D eigenvalue weighted by Gasteiger charge is -2.19. The quantitative estimate of drug-likeness (QED) is 0.503. The normalized spacial score (nSPS) is 15.3. The van der Waals surface area contributed by atoms with Crippen molar-refractivity contribution in [2.24, 2.45) is 0 Å². The predicted molar refractivity (Wildman–Crippen MR) is 125 cm³/mol. The van der Waals surface area contributed by atoms with Crippen LogP contribution in [0.5, 0.6) is 5.75 Å². The minimum absolute atomic E-state index is 0.0968. The zero-order chi connectivity index (χ0) is 24.5. The Labute approximate surface area is 200 Å². The molecule has 4 rings (SSSR count). The van der Waals surface area contributed by atoms with Crippen LogP contribution in [0.25, 0.3) is 17.5 Å². The number of carbonyl (C=O) groups is 1. The zero-order valence-corrected chi connectivity index (χ0v) is 20.2. The van der Waals surface area contributed by atoms with Crippen molar-refractivity contribution in [3.63, 3.8) is 0 Å². The van der Waals surface area contributed by atoms with Gasteiger partial charge in [-0.25, -0.2) is 17.1 Å². The second-order valence-electron chi connectivity index (χ2n) is 7.38. The van der Waals surface area contributed by atoms with E-state index in [1.807, 2.05) is 0 Å². The second kappa shape index (κ2) is 9.57. The standard InChI is InChI=1S/C22H21FN4O5S2/c1-26(2)34(29,30)18-12-14(8-9-17(18)31-3)22(28)27-10-11-33-20(27)13-19-24-21(25-32-19)15-6-4-5-7-16(15)23/h4-9,12-13H,10-11H2,1-3H3/b20-13+. The van der Waals surface area contributed by atoms with E-state index in [4.69, 9.17) is 9.26 Å². The van der Waals surface area contributed by atoms with Gasteiger partial charge in [-0.15, -0.1) is 11.8 Å². The van der Waals surface area contributed by atoms with Gasteiger partial charge in [-0.05, 0) is 30.3 Å². The summed E-state index contributed by atoms with van der Waals surface area (Å²) in [4.78, 5) is 18.9. The molecule has 2 aromatic carbocycles. The van der Waals surface area contributed by atoms with E-state index < -0.39 is 15.8 Å². The van der Waals surface area contributed by atoms with Crippen molar-refractivity contribution >= 4 is 33.8 Å². The maximum atomic E-state index is 14.0. The molecule has 9 nitrogen and oxygen atoms in total. The summed E-state index contributed by atoms with van der Waals surface area (Å²) in [6, 6.07) is 10.3. The number of rotatable bonds is 6. The van der Waals surface area contributed by atoms with Gasteiger partial charge in [-0.2, -0.15) is 4.98 Å². The van der Waals surface area contributed by atoms with Gasteiger partial charge < -0.3 is 14.2 Å². The highest BCUT2D eigenvalue weighted by atomic mass is 32.2. The van der Waals surface area contributed by atoms with Gasteiger partial charge in [0.2, 0.25) is 15.8 Å². The Hall–Kier alpha value is -3.22. The molecule has 1 aliphatic rings. The average Bonchev–Trinajstić information content (AvgIpc) is 3.48. The largest absolute Gasteiger partial charge is 0.495 e. The fourth-order valence-electron chi connectivity index (χ4n) is 3.27. The number of hydrogen-bond donors (Lipinski definition) is 0. The first-order valence-corrected chi connectivity index (χ1v) is 12.5. The molecule has 1 saturated heterocycles. The molecule has 0 saturated carbocycles. The van der Waals surface area contributed by atoms with Gasteiger partial charge in [0.1, 0.15) is 16.5 Å². The van der Waals surface area contributed by atoms with E-state index in [1.165, 1.54) is 62.1 Å². The third-order valence-corrected chi connectivity index (χ3v) is 7.91. The van der Waals surface area contributed by atoms with Crippen LogP contribution in [0.15, 0.2) is 56.9 Å². The van der Waals surface area contributed by atoms with E-state index in [0.29, 0.717) is 17.3 Å². The SMILES string of the molecule is COc1ccc(C(=O)N2CCS/C2=C/c2nc(-c3ccccc3F)no2)cc1S(=O)(=O)N(C)C. The number of carbonyl (C=O) groups excluding carboxylic acids is 1. The minimum atomic E-state index is -3.83. The number of sulfonamides is 1. The Kier molecular flexibility index (Phi) is 6.73. The van der Waals surface area contributed by atoms with Crippen LogP contribution in [0.3, 0.4) is 0 Å². The molecule has 1 aromatic heterocycles. The Morgan fingerprint density at radius 3 is 2.74 bits per heavy atom. The molecule has 34 heavy (non-hydrogen) atoms. The molecule has 3 aromatic rings. The van der Waals surface area contributed by atoms with Crippen molar-refractivity contribution < 1.29 is 26.9 Å². The number of nitrogens with zero attached hydrogens (tertiary/aromatic N) is 4. The maximum Gasteiger partial charge on any atom is 0.258 e. The van der Waals surface area contributed by atoms with Crippen molar-refractivity contribution in [2.75, 3.05) is 33.5 Å². The van der Waals surface area contributed by atoms with Gasteiger partial charge in [0.15, 0.2) is 0 Å². The van der Waals surface area contributed by atoms with Crippen LogP contribution >= 0.6 is 11.8 Å². The number of methoxy groups -OCH3 is 1. The Morgan fingerprint density at radius 2 is 2.03 bits per heavy atom. The topological polar surface area (TPSA) is 106 Å². The molecule has 12 heteroatoms. The van der Waals surface area contributed by atoms with Crippen LogP contribution < -0.4 is 4.74 Å². The van der Waals surface area contributed by atoms with Crippen molar-refractivity contribution in [3.05, 3.63) is 64.8 Å². The summed E-state index contributed by atoms with van der Waals surface area (Å²) in [6.07, 6.45) is 1.55. The van der Waals surface area contributed by atoms with E-state index in [2.05, 4.69) is 10.1 Å². The Balaban J connectivity index is 1.64. The van der Waals surface area contributed by atoms with E-state index in [0.717, 1.165) is 4.31 Å². The van der Waals surface area contributed by atoms with Crippen molar-refractivity contribution in [1.29, 1.82) is 0 Å². The van der Waals surface area contributed by atoms with Gasteiger partial charge in [-0.1, -0.05) is 17.3 Å². The van der Waals surface area contributed by atoms with Crippen LogP contribution in [-0.4, -0.2) is 67.2 Å². The number of hydrogen-bond acceptors (Lipinski definition) is 8. The lowest BCUT2D eigenvalue weighted by atomic mass is 10.2. The van der Waals surface area contributed by atoms with Crippen molar-refractivity contribution in [1.82, 2.24) is 19.3 Å². The van der Waals surface area contributed by atoms with Gasteiger partial charge >= 0.3 is 0 Å². The number of aromatic nitrogens is 2. The summed E-state index contributed by atoms with van der Waals surface area (Å²) >= 11 is 1.41. The average molecular weight is 505 g/mol. The molecule has 1 amide bonds. The monoisotopic (exact) mass is 504 g/mol. The van der Waals surface area contributed by atoms with Crippen LogP contribution in [0, 0.1) is 5.82 Å². The summed E-state index contributed by atoms with van der Waals surface area (Å²) in [5.74, 6) is 0.125. The van der Waals surface area contributed by atoms with E-state index in [-0.39, 0.29) is 39.4 Å². The van der Waals surface area contributed by atoms with E-state index >= 15 is 0 Å². The first-order valence-electron chi connectivity index (χ1n) is 10.1. The number of amides is 1. The van der Waals surface area contributed by atoms with E-state index in [9.17, 15) is 17.6 Å². The molecule has 1 aliphatic heterocycles. The smallest absolute Gasteiger partial charge is 0.258 e. The van der Waals surface area contributed by atoms with Gasteiger partial charge in [-0.3, -0.25) is 4.79 Å². The van der Waals surface area contributed by atoms with Crippen molar-refractivity contribution in [3.8, 4) is 17.1 Å². The van der Waals surface area contributed by atoms with Gasteiger partial charge in [0.25, 0.3) is 11.8 Å². The molecule has 178 valence electrons. The summed E-state index contributed by atoms with van der Waals surface area (Å²) in [5, 5.41) is 4.38. The van der Waals surface area contributed by atoms with Crippen LogP contribution in [0.2, 0.25) is 0 Å². The molecule has 2 heterocycles. The second-order valence-corrected chi connectivity index (χ2v) is 10.6. The number of thioether (sulfide) groups is 1.